The lowest BCUT2D eigenvalue weighted by molar-refractivity contribution is -0.129. The summed E-state index contributed by atoms with van der Waals surface area (Å²) in [5, 5.41) is 5.63. The largest absolute Gasteiger partial charge is 0.457 e. The number of aromatic nitrogens is 1. The maximum absolute atomic E-state index is 12.9. The molecule has 34 heavy (non-hydrogen) atoms. The molecule has 3 aromatic rings. The molecule has 2 N–H and O–H groups in total. The molecule has 2 amide bonds. The summed E-state index contributed by atoms with van der Waals surface area (Å²) in [4.78, 5) is 28.3. The molecule has 0 aliphatic carbocycles. The molecule has 0 saturated heterocycles. The van der Waals surface area contributed by atoms with Gasteiger partial charge in [0.1, 0.15) is 23.4 Å². The molecule has 0 radical (unpaired) electrons. The van der Waals surface area contributed by atoms with Gasteiger partial charge in [0.2, 0.25) is 5.91 Å². The van der Waals surface area contributed by atoms with Crippen LogP contribution in [0.15, 0.2) is 60.8 Å². The van der Waals surface area contributed by atoms with Gasteiger partial charge in [0.05, 0.1) is 6.61 Å². The van der Waals surface area contributed by atoms with E-state index in [-0.39, 0.29) is 17.2 Å². The van der Waals surface area contributed by atoms with Crippen molar-refractivity contribution < 1.29 is 19.1 Å². The Morgan fingerprint density at radius 3 is 2.56 bits per heavy atom. The first kappa shape index (κ1) is 23.4. The number of pyridine rings is 1. The zero-order valence-electron chi connectivity index (χ0n) is 19.8. The van der Waals surface area contributed by atoms with Crippen LogP contribution in [0.3, 0.4) is 0 Å². The van der Waals surface area contributed by atoms with Crippen LogP contribution in [-0.2, 0) is 32.8 Å². The van der Waals surface area contributed by atoms with Gasteiger partial charge < -0.3 is 20.1 Å². The number of benzene rings is 2. The lowest BCUT2D eigenvalue weighted by Crippen LogP contribution is -2.35. The van der Waals surface area contributed by atoms with E-state index >= 15 is 0 Å². The topological polar surface area (TPSA) is 89.5 Å². The van der Waals surface area contributed by atoms with Crippen LogP contribution in [-0.4, -0.2) is 22.9 Å². The van der Waals surface area contributed by atoms with E-state index in [1.165, 1.54) is 6.92 Å². The molecule has 2 heterocycles. The molecule has 0 saturated carbocycles. The maximum atomic E-state index is 12.9. The Labute approximate surface area is 199 Å². The second-order valence-electron chi connectivity index (χ2n) is 9.41. The van der Waals surface area contributed by atoms with Crippen LogP contribution >= 0.6 is 0 Å². The SMILES string of the molecule is CC(=O)Nc1cc(Oc2ccc3c(c2)CC(C(=O)Nc2cccc(C(C)(C)C)c2)OC3)ccn1. The Morgan fingerprint density at radius 1 is 1.00 bits per heavy atom. The van der Waals surface area contributed by atoms with Gasteiger partial charge in [0.25, 0.3) is 5.91 Å². The maximum Gasteiger partial charge on any atom is 0.253 e. The van der Waals surface area contributed by atoms with Gasteiger partial charge in [-0.3, -0.25) is 9.59 Å². The van der Waals surface area contributed by atoms with Gasteiger partial charge in [-0.25, -0.2) is 4.98 Å². The molecule has 0 bridgehead atoms. The molecular weight excluding hydrogens is 430 g/mol. The Kier molecular flexibility index (Phi) is 6.65. The zero-order valence-corrected chi connectivity index (χ0v) is 19.8. The highest BCUT2D eigenvalue weighted by Gasteiger charge is 2.26. The van der Waals surface area contributed by atoms with E-state index in [9.17, 15) is 9.59 Å². The number of ether oxygens (including phenoxy) is 2. The molecule has 1 unspecified atom stereocenters. The zero-order chi connectivity index (χ0) is 24.3. The third kappa shape index (κ3) is 5.80. The second-order valence-corrected chi connectivity index (χ2v) is 9.41. The quantitative estimate of drug-likeness (QED) is 0.547. The fraction of sp³-hybridized carbons (Fsp3) is 0.296. The molecule has 2 aromatic carbocycles. The van der Waals surface area contributed by atoms with E-state index in [0.717, 1.165) is 22.4 Å². The normalized spacial score (nSPS) is 15.2. The lowest BCUT2D eigenvalue weighted by atomic mass is 9.87. The number of nitrogens with zero attached hydrogens (tertiary/aromatic N) is 1. The first-order chi connectivity index (χ1) is 16.2. The van der Waals surface area contributed by atoms with Crippen LogP contribution < -0.4 is 15.4 Å². The number of hydrogen-bond donors (Lipinski definition) is 2. The van der Waals surface area contributed by atoms with E-state index in [0.29, 0.717) is 30.3 Å². The van der Waals surface area contributed by atoms with Crippen molar-refractivity contribution in [2.45, 2.75) is 52.2 Å². The van der Waals surface area contributed by atoms with Crippen molar-refractivity contribution in [1.82, 2.24) is 4.98 Å². The first-order valence-corrected chi connectivity index (χ1v) is 11.2. The predicted molar refractivity (Wildman–Crippen MR) is 131 cm³/mol. The van der Waals surface area contributed by atoms with Gasteiger partial charge in [-0.2, -0.15) is 0 Å². The molecule has 4 rings (SSSR count). The summed E-state index contributed by atoms with van der Waals surface area (Å²) in [5.41, 5.74) is 3.94. The molecular formula is C27H29N3O4. The highest BCUT2D eigenvalue weighted by molar-refractivity contribution is 5.94. The van der Waals surface area contributed by atoms with Crippen LogP contribution in [0.2, 0.25) is 0 Å². The van der Waals surface area contributed by atoms with Gasteiger partial charge >= 0.3 is 0 Å². The standard InChI is InChI=1S/C27H29N3O4/c1-17(31)29-25-15-23(10-11-28-25)34-22-9-8-18-16-33-24(13-19(18)12-22)26(32)30-21-7-5-6-20(14-21)27(2,3)4/h5-12,14-15,24H,13,16H2,1-4H3,(H,30,32)(H,28,29,31). The minimum Gasteiger partial charge on any atom is -0.457 e. The molecule has 1 aliphatic heterocycles. The summed E-state index contributed by atoms with van der Waals surface area (Å²) in [6, 6.07) is 17.0. The minimum absolute atomic E-state index is 0.00483. The van der Waals surface area contributed by atoms with Crippen LogP contribution in [0.4, 0.5) is 11.5 Å². The summed E-state index contributed by atoms with van der Waals surface area (Å²) < 4.78 is 11.8. The average Bonchev–Trinajstić information content (AvgIpc) is 2.78. The molecule has 7 heteroatoms. The number of rotatable bonds is 5. The molecule has 1 aliphatic rings. The van der Waals surface area contributed by atoms with E-state index in [2.05, 4.69) is 42.5 Å². The van der Waals surface area contributed by atoms with Crippen molar-refractivity contribution in [1.29, 1.82) is 0 Å². The number of carbonyl (C=O) groups is 2. The van der Waals surface area contributed by atoms with Gasteiger partial charge in [0, 0.05) is 31.3 Å². The van der Waals surface area contributed by atoms with Gasteiger partial charge in [0.15, 0.2) is 0 Å². The number of anilines is 2. The van der Waals surface area contributed by atoms with Crippen molar-refractivity contribution in [3.8, 4) is 11.5 Å². The van der Waals surface area contributed by atoms with E-state index in [4.69, 9.17) is 9.47 Å². The first-order valence-electron chi connectivity index (χ1n) is 11.2. The third-order valence-corrected chi connectivity index (χ3v) is 5.58. The molecule has 1 aromatic heterocycles. The van der Waals surface area contributed by atoms with Gasteiger partial charge in [-0.1, -0.05) is 39.0 Å². The van der Waals surface area contributed by atoms with E-state index < -0.39 is 6.10 Å². The van der Waals surface area contributed by atoms with Crippen molar-refractivity contribution in [2.24, 2.45) is 0 Å². The predicted octanol–water partition coefficient (Wildman–Crippen LogP) is 5.21. The van der Waals surface area contributed by atoms with Crippen LogP contribution in [0.1, 0.15) is 44.4 Å². The number of amides is 2. The lowest BCUT2D eigenvalue weighted by Gasteiger charge is -2.25. The summed E-state index contributed by atoms with van der Waals surface area (Å²) in [7, 11) is 0. The van der Waals surface area contributed by atoms with E-state index in [1.54, 1.807) is 18.3 Å². The summed E-state index contributed by atoms with van der Waals surface area (Å²) in [6.45, 7) is 8.20. The number of carbonyl (C=O) groups excluding carboxylic acids is 2. The Bertz CT molecular complexity index is 1220. The van der Waals surface area contributed by atoms with E-state index in [1.807, 2.05) is 36.4 Å². The summed E-state index contributed by atoms with van der Waals surface area (Å²) >= 11 is 0. The fourth-order valence-corrected chi connectivity index (χ4v) is 3.76. The third-order valence-electron chi connectivity index (χ3n) is 5.58. The van der Waals surface area contributed by atoms with Gasteiger partial charge in [-0.05, 0) is 52.4 Å². The molecule has 7 nitrogen and oxygen atoms in total. The smallest absolute Gasteiger partial charge is 0.253 e. The average molecular weight is 460 g/mol. The van der Waals surface area contributed by atoms with Crippen LogP contribution in [0.5, 0.6) is 11.5 Å². The van der Waals surface area contributed by atoms with Crippen molar-refractivity contribution in [2.75, 3.05) is 10.6 Å². The Balaban J connectivity index is 1.44. The molecule has 1 atom stereocenters. The highest BCUT2D eigenvalue weighted by atomic mass is 16.5. The molecule has 0 spiro atoms. The summed E-state index contributed by atoms with van der Waals surface area (Å²) in [5.74, 6) is 1.24. The van der Waals surface area contributed by atoms with Crippen LogP contribution in [0, 0.1) is 0 Å². The van der Waals surface area contributed by atoms with Crippen LogP contribution in [0.25, 0.3) is 0 Å². The fourth-order valence-electron chi connectivity index (χ4n) is 3.76. The highest BCUT2D eigenvalue weighted by Crippen LogP contribution is 2.30. The number of nitrogens with one attached hydrogen (secondary N) is 2. The van der Waals surface area contributed by atoms with Crippen molar-refractivity contribution in [3.05, 3.63) is 77.5 Å². The second kappa shape index (κ2) is 9.65. The Morgan fingerprint density at radius 2 is 1.79 bits per heavy atom. The number of fused-ring (bicyclic) bond motifs is 1. The number of hydrogen-bond acceptors (Lipinski definition) is 5. The Hall–Kier alpha value is -3.71. The monoisotopic (exact) mass is 459 g/mol. The minimum atomic E-state index is -0.590. The molecule has 0 fully saturated rings. The molecule has 176 valence electrons. The van der Waals surface area contributed by atoms with Crippen molar-refractivity contribution in [3.63, 3.8) is 0 Å². The summed E-state index contributed by atoms with van der Waals surface area (Å²) in [6.07, 6.45) is 1.43. The van der Waals surface area contributed by atoms with Gasteiger partial charge in [-0.15, -0.1) is 0 Å². The van der Waals surface area contributed by atoms with Crippen molar-refractivity contribution >= 4 is 23.3 Å².